The summed E-state index contributed by atoms with van der Waals surface area (Å²) in [6, 6.07) is 6.88. The third kappa shape index (κ3) is 3.73. The number of ether oxygens (including phenoxy) is 1. The van der Waals surface area contributed by atoms with Crippen LogP contribution in [0.3, 0.4) is 0 Å². The van der Waals surface area contributed by atoms with E-state index in [1.807, 2.05) is 17.5 Å². The van der Waals surface area contributed by atoms with Gasteiger partial charge in [0, 0.05) is 50.2 Å². The highest BCUT2D eigenvalue weighted by Gasteiger charge is 2.24. The largest absolute Gasteiger partial charge is 0.478 e. The maximum Gasteiger partial charge on any atom is 0.335 e. The zero-order chi connectivity index (χ0) is 17.9. The number of hydrogen-bond donors (Lipinski definition) is 1. The third-order valence-electron chi connectivity index (χ3n) is 4.83. The molecule has 4 rings (SSSR count). The molecule has 0 unspecified atom stereocenters. The third-order valence-corrected chi connectivity index (χ3v) is 5.74. The van der Waals surface area contributed by atoms with Crippen LogP contribution < -0.4 is 4.90 Å². The Morgan fingerprint density at radius 3 is 2.31 bits per heavy atom. The number of aromatic nitrogens is 1. The van der Waals surface area contributed by atoms with Gasteiger partial charge in [-0.25, -0.2) is 19.8 Å². The molecule has 0 radical (unpaired) electrons. The summed E-state index contributed by atoms with van der Waals surface area (Å²) in [6.45, 7) is 7.52. The molecule has 2 saturated heterocycles. The van der Waals surface area contributed by atoms with Crippen LogP contribution in [0.4, 0.5) is 5.13 Å². The summed E-state index contributed by atoms with van der Waals surface area (Å²) >= 11 is 1.64. The number of hydrogen-bond acceptors (Lipinski definition) is 7. The molecule has 1 aromatic carbocycles. The lowest BCUT2D eigenvalue weighted by Crippen LogP contribution is -2.56. The number of thiazole rings is 1. The molecule has 0 saturated carbocycles. The van der Waals surface area contributed by atoms with E-state index < -0.39 is 5.97 Å². The number of carboxylic acid groups (broad SMARTS) is 1. The number of benzene rings is 1. The summed E-state index contributed by atoms with van der Waals surface area (Å²) in [4.78, 5) is 18.1. The number of hydrazine groups is 1. The minimum Gasteiger partial charge on any atom is -0.478 e. The van der Waals surface area contributed by atoms with Crippen LogP contribution >= 0.6 is 11.3 Å². The lowest BCUT2D eigenvalue weighted by molar-refractivity contribution is -0.0919. The van der Waals surface area contributed by atoms with Gasteiger partial charge >= 0.3 is 5.97 Å². The molecule has 3 heterocycles. The number of nitrogens with zero attached hydrogens (tertiary/aromatic N) is 4. The molecule has 2 fully saturated rings. The van der Waals surface area contributed by atoms with E-state index in [-0.39, 0.29) is 0 Å². The maximum absolute atomic E-state index is 11.0. The van der Waals surface area contributed by atoms with Crippen LogP contribution in [0.15, 0.2) is 29.6 Å². The van der Waals surface area contributed by atoms with Gasteiger partial charge in [-0.15, -0.1) is 11.3 Å². The van der Waals surface area contributed by atoms with Gasteiger partial charge in [0.05, 0.1) is 24.5 Å². The van der Waals surface area contributed by atoms with Crippen molar-refractivity contribution in [2.24, 2.45) is 0 Å². The van der Waals surface area contributed by atoms with E-state index in [9.17, 15) is 4.79 Å². The van der Waals surface area contributed by atoms with Gasteiger partial charge in [-0.05, 0) is 12.1 Å². The minimum atomic E-state index is -0.909. The van der Waals surface area contributed by atoms with Crippen molar-refractivity contribution < 1.29 is 14.6 Å². The Labute approximate surface area is 156 Å². The van der Waals surface area contributed by atoms with E-state index in [1.54, 1.807) is 23.5 Å². The van der Waals surface area contributed by atoms with E-state index in [4.69, 9.17) is 14.8 Å². The number of anilines is 1. The van der Waals surface area contributed by atoms with Crippen molar-refractivity contribution in [2.75, 3.05) is 57.4 Å². The summed E-state index contributed by atoms with van der Waals surface area (Å²) in [5.74, 6) is -0.909. The fraction of sp³-hybridized carbons (Fsp3) is 0.444. The van der Waals surface area contributed by atoms with Gasteiger partial charge < -0.3 is 14.7 Å². The van der Waals surface area contributed by atoms with E-state index in [1.165, 1.54) is 0 Å². The van der Waals surface area contributed by atoms with E-state index in [0.717, 1.165) is 68.9 Å². The number of carboxylic acids is 1. The molecular formula is C18H22N4O3S. The molecule has 0 atom stereocenters. The molecule has 1 N–H and O–H groups in total. The van der Waals surface area contributed by atoms with Gasteiger partial charge in [-0.1, -0.05) is 12.1 Å². The van der Waals surface area contributed by atoms with Crippen molar-refractivity contribution in [3.63, 3.8) is 0 Å². The van der Waals surface area contributed by atoms with E-state index in [0.29, 0.717) is 5.56 Å². The quantitative estimate of drug-likeness (QED) is 0.876. The molecule has 138 valence electrons. The van der Waals surface area contributed by atoms with Gasteiger partial charge in [0.25, 0.3) is 0 Å². The van der Waals surface area contributed by atoms with E-state index in [2.05, 4.69) is 14.9 Å². The summed E-state index contributed by atoms with van der Waals surface area (Å²) in [7, 11) is 0. The Kier molecular flexibility index (Phi) is 5.16. The molecule has 2 aliphatic heterocycles. The van der Waals surface area contributed by atoms with Crippen LogP contribution in [0.25, 0.3) is 11.3 Å². The normalized spacial score (nSPS) is 19.6. The molecule has 0 aliphatic carbocycles. The highest BCUT2D eigenvalue weighted by atomic mass is 32.1. The molecule has 7 nitrogen and oxygen atoms in total. The van der Waals surface area contributed by atoms with Crippen LogP contribution in [0.5, 0.6) is 0 Å². The summed E-state index contributed by atoms with van der Waals surface area (Å²) < 4.78 is 5.43. The second-order valence-corrected chi connectivity index (χ2v) is 7.24. The first-order chi connectivity index (χ1) is 12.7. The Balaban J connectivity index is 1.38. The molecule has 26 heavy (non-hydrogen) atoms. The van der Waals surface area contributed by atoms with Crippen molar-refractivity contribution in [3.8, 4) is 11.3 Å². The molecule has 0 amide bonds. The predicted molar refractivity (Wildman–Crippen MR) is 101 cm³/mol. The maximum atomic E-state index is 11.0. The number of carbonyl (C=O) groups is 1. The molecule has 0 bridgehead atoms. The topological polar surface area (TPSA) is 69.1 Å². The SMILES string of the molecule is O=C(O)c1ccc(-c2csc(N3CCN(N4CCOCC4)CC3)n2)cc1. The van der Waals surface area contributed by atoms with Crippen molar-refractivity contribution in [3.05, 3.63) is 35.2 Å². The molecule has 0 spiro atoms. The smallest absolute Gasteiger partial charge is 0.335 e. The first kappa shape index (κ1) is 17.4. The lowest BCUT2D eigenvalue weighted by Gasteiger charge is -2.42. The Bertz CT molecular complexity index is 750. The minimum absolute atomic E-state index is 0.295. The number of rotatable bonds is 4. The van der Waals surface area contributed by atoms with Crippen LogP contribution in [0.2, 0.25) is 0 Å². The highest BCUT2D eigenvalue weighted by molar-refractivity contribution is 7.14. The van der Waals surface area contributed by atoms with Crippen molar-refractivity contribution >= 4 is 22.4 Å². The van der Waals surface area contributed by atoms with Crippen LogP contribution in [0, 0.1) is 0 Å². The Morgan fingerprint density at radius 2 is 1.65 bits per heavy atom. The number of aromatic carboxylic acids is 1. The summed E-state index contributed by atoms with van der Waals surface area (Å²) in [5, 5.41) is 16.9. The van der Waals surface area contributed by atoms with Crippen molar-refractivity contribution in [1.82, 2.24) is 15.0 Å². The van der Waals surface area contributed by atoms with Gasteiger partial charge in [0.1, 0.15) is 0 Å². The summed E-state index contributed by atoms with van der Waals surface area (Å²) in [6.07, 6.45) is 0. The highest BCUT2D eigenvalue weighted by Crippen LogP contribution is 2.28. The predicted octanol–water partition coefficient (Wildman–Crippen LogP) is 1.88. The Morgan fingerprint density at radius 1 is 1.00 bits per heavy atom. The zero-order valence-corrected chi connectivity index (χ0v) is 15.3. The summed E-state index contributed by atoms with van der Waals surface area (Å²) in [5.41, 5.74) is 2.14. The first-order valence-electron chi connectivity index (χ1n) is 8.82. The van der Waals surface area contributed by atoms with Crippen LogP contribution in [0.1, 0.15) is 10.4 Å². The number of morpholine rings is 1. The van der Waals surface area contributed by atoms with Gasteiger partial charge in [-0.3, -0.25) is 0 Å². The molecule has 2 aliphatic rings. The van der Waals surface area contributed by atoms with Crippen molar-refractivity contribution in [1.29, 1.82) is 0 Å². The van der Waals surface area contributed by atoms with E-state index >= 15 is 0 Å². The lowest BCUT2D eigenvalue weighted by atomic mass is 10.1. The van der Waals surface area contributed by atoms with Crippen LogP contribution in [-0.2, 0) is 4.74 Å². The number of piperazine rings is 1. The molecule has 8 heteroatoms. The average molecular weight is 374 g/mol. The molecule has 1 aromatic heterocycles. The second-order valence-electron chi connectivity index (χ2n) is 6.40. The zero-order valence-electron chi connectivity index (χ0n) is 14.5. The standard InChI is InChI=1S/C18H22N4O3S/c23-17(24)15-3-1-14(2-4-15)16-13-26-18(19-16)20-5-7-21(8-6-20)22-9-11-25-12-10-22/h1-4,13H,5-12H2,(H,23,24). The second kappa shape index (κ2) is 7.71. The fourth-order valence-corrected chi connectivity index (χ4v) is 4.22. The Hall–Kier alpha value is -2.00. The molecular weight excluding hydrogens is 352 g/mol. The molecule has 2 aromatic rings. The van der Waals surface area contributed by atoms with Gasteiger partial charge in [0.2, 0.25) is 0 Å². The fourth-order valence-electron chi connectivity index (χ4n) is 3.33. The first-order valence-corrected chi connectivity index (χ1v) is 9.70. The average Bonchev–Trinajstić information content (AvgIpc) is 3.19. The van der Waals surface area contributed by atoms with Crippen LogP contribution in [-0.4, -0.2) is 78.6 Å². The van der Waals surface area contributed by atoms with Gasteiger partial charge in [0.15, 0.2) is 5.13 Å². The monoisotopic (exact) mass is 374 g/mol. The van der Waals surface area contributed by atoms with Gasteiger partial charge in [-0.2, -0.15) is 0 Å². The van der Waals surface area contributed by atoms with Crippen molar-refractivity contribution in [2.45, 2.75) is 0 Å².